The molecule has 1 unspecified atom stereocenters. The molecule has 0 saturated heterocycles. The molecule has 2 N–H and O–H groups in total. The van der Waals surface area contributed by atoms with E-state index in [1.807, 2.05) is 0 Å². The maximum absolute atomic E-state index is 5.45. The highest BCUT2D eigenvalue weighted by atomic mass is 16.5. The minimum absolute atomic E-state index is 0.0726. The van der Waals surface area contributed by atoms with Crippen molar-refractivity contribution in [3.05, 3.63) is 5.82 Å². The van der Waals surface area contributed by atoms with E-state index in [-0.39, 0.29) is 6.10 Å². The Bertz CT molecular complexity index is 272. The molecule has 1 atom stereocenters. The first-order chi connectivity index (χ1) is 6.70. The van der Waals surface area contributed by atoms with Crippen molar-refractivity contribution in [2.75, 3.05) is 13.7 Å². The number of rotatable bonds is 5. The third-order valence-electron chi connectivity index (χ3n) is 2.01. The predicted molar refractivity (Wildman–Crippen MR) is 51.5 cm³/mol. The number of hydrogen-bond donors (Lipinski definition) is 1. The zero-order chi connectivity index (χ0) is 10.6. The maximum Gasteiger partial charge on any atom is 0.180 e. The largest absolute Gasteiger partial charge is 0.373 e. The molecule has 0 amide bonds. The first-order valence-corrected chi connectivity index (χ1v) is 4.69. The number of tetrazole rings is 1. The summed E-state index contributed by atoms with van der Waals surface area (Å²) in [6, 6.07) is 0. The van der Waals surface area contributed by atoms with E-state index in [9.17, 15) is 0 Å². The van der Waals surface area contributed by atoms with Gasteiger partial charge in [0.1, 0.15) is 6.10 Å². The number of hydrogen-bond acceptors (Lipinski definition) is 5. The van der Waals surface area contributed by atoms with Crippen LogP contribution in [-0.2, 0) is 11.3 Å². The molecule has 0 aliphatic rings. The third kappa shape index (κ3) is 2.27. The van der Waals surface area contributed by atoms with Crippen molar-refractivity contribution in [2.24, 2.45) is 11.7 Å². The molecule has 0 radical (unpaired) electrons. The molecule has 6 heteroatoms. The fourth-order valence-corrected chi connectivity index (χ4v) is 1.37. The van der Waals surface area contributed by atoms with Gasteiger partial charge in [0.25, 0.3) is 0 Å². The number of ether oxygens (including phenoxy) is 1. The Morgan fingerprint density at radius 1 is 1.50 bits per heavy atom. The molecule has 1 rings (SSSR count). The Morgan fingerprint density at radius 3 is 2.71 bits per heavy atom. The third-order valence-corrected chi connectivity index (χ3v) is 2.01. The van der Waals surface area contributed by atoms with Crippen LogP contribution in [0.4, 0.5) is 0 Å². The molecule has 0 aliphatic carbocycles. The monoisotopic (exact) mass is 199 g/mol. The summed E-state index contributed by atoms with van der Waals surface area (Å²) in [5, 5.41) is 11.4. The Balaban J connectivity index is 2.86. The molecule has 14 heavy (non-hydrogen) atoms. The second kappa shape index (κ2) is 5.02. The van der Waals surface area contributed by atoms with Crippen LogP contribution in [0.25, 0.3) is 0 Å². The minimum atomic E-state index is -0.0726. The van der Waals surface area contributed by atoms with Gasteiger partial charge in [-0.2, -0.15) is 0 Å². The average Bonchev–Trinajstić information content (AvgIpc) is 2.55. The lowest BCUT2D eigenvalue weighted by Gasteiger charge is -2.17. The van der Waals surface area contributed by atoms with E-state index in [0.29, 0.717) is 19.0 Å². The molecule has 1 aromatic rings. The van der Waals surface area contributed by atoms with Gasteiger partial charge in [0, 0.05) is 13.7 Å². The normalized spacial score (nSPS) is 13.5. The summed E-state index contributed by atoms with van der Waals surface area (Å²) in [4.78, 5) is 0. The van der Waals surface area contributed by atoms with Crippen molar-refractivity contribution >= 4 is 0 Å². The molecule has 0 bridgehead atoms. The molecular weight excluding hydrogens is 182 g/mol. The van der Waals surface area contributed by atoms with Crippen LogP contribution >= 0.6 is 0 Å². The van der Waals surface area contributed by atoms with E-state index < -0.39 is 0 Å². The van der Waals surface area contributed by atoms with Crippen molar-refractivity contribution in [1.29, 1.82) is 0 Å². The topological polar surface area (TPSA) is 78.9 Å². The molecule has 1 aromatic heterocycles. The van der Waals surface area contributed by atoms with Crippen molar-refractivity contribution in [3.8, 4) is 0 Å². The fourth-order valence-electron chi connectivity index (χ4n) is 1.37. The molecule has 80 valence electrons. The van der Waals surface area contributed by atoms with E-state index in [2.05, 4.69) is 29.4 Å². The SMILES string of the molecule is COC(c1nnnn1CCN)C(C)C. The Labute approximate surface area is 83.4 Å². The van der Waals surface area contributed by atoms with Crippen molar-refractivity contribution < 1.29 is 4.74 Å². The summed E-state index contributed by atoms with van der Waals surface area (Å²) in [6.07, 6.45) is -0.0726. The zero-order valence-corrected chi connectivity index (χ0v) is 8.84. The summed E-state index contributed by atoms with van der Waals surface area (Å²) in [5.41, 5.74) is 5.45. The summed E-state index contributed by atoms with van der Waals surface area (Å²) >= 11 is 0. The summed E-state index contributed by atoms with van der Waals surface area (Å²) in [7, 11) is 1.66. The Kier molecular flexibility index (Phi) is 3.97. The Hall–Kier alpha value is -1.01. The predicted octanol–water partition coefficient (Wildman–Crippen LogP) is -0.0247. The number of aromatic nitrogens is 4. The van der Waals surface area contributed by atoms with Crippen molar-refractivity contribution in [3.63, 3.8) is 0 Å². The van der Waals surface area contributed by atoms with E-state index in [1.165, 1.54) is 0 Å². The lowest BCUT2D eigenvalue weighted by molar-refractivity contribution is 0.0535. The van der Waals surface area contributed by atoms with Crippen molar-refractivity contribution in [1.82, 2.24) is 20.2 Å². The second-order valence-corrected chi connectivity index (χ2v) is 3.45. The smallest absolute Gasteiger partial charge is 0.180 e. The van der Waals surface area contributed by atoms with Gasteiger partial charge in [-0.3, -0.25) is 0 Å². The van der Waals surface area contributed by atoms with E-state index in [1.54, 1.807) is 11.8 Å². The van der Waals surface area contributed by atoms with E-state index >= 15 is 0 Å². The zero-order valence-electron chi connectivity index (χ0n) is 8.84. The van der Waals surface area contributed by atoms with Gasteiger partial charge in [-0.15, -0.1) is 5.10 Å². The van der Waals surface area contributed by atoms with Gasteiger partial charge in [0.15, 0.2) is 5.82 Å². The van der Waals surface area contributed by atoms with Crippen LogP contribution in [-0.4, -0.2) is 33.9 Å². The van der Waals surface area contributed by atoms with Crippen LogP contribution in [0.3, 0.4) is 0 Å². The number of nitrogens with zero attached hydrogens (tertiary/aromatic N) is 4. The molecule has 6 nitrogen and oxygen atoms in total. The van der Waals surface area contributed by atoms with E-state index in [4.69, 9.17) is 10.5 Å². The first-order valence-electron chi connectivity index (χ1n) is 4.69. The molecule has 0 aliphatic heterocycles. The second-order valence-electron chi connectivity index (χ2n) is 3.45. The molecule has 1 heterocycles. The van der Waals surface area contributed by atoms with E-state index in [0.717, 1.165) is 5.82 Å². The lowest BCUT2D eigenvalue weighted by Crippen LogP contribution is -2.19. The molecule has 0 aromatic carbocycles. The highest BCUT2D eigenvalue weighted by Crippen LogP contribution is 2.21. The fraction of sp³-hybridized carbons (Fsp3) is 0.875. The quantitative estimate of drug-likeness (QED) is 0.720. The van der Waals surface area contributed by atoms with Crippen LogP contribution < -0.4 is 5.73 Å². The van der Waals surface area contributed by atoms with Gasteiger partial charge in [0.05, 0.1) is 6.54 Å². The number of methoxy groups -OCH3 is 1. The highest BCUT2D eigenvalue weighted by Gasteiger charge is 2.21. The molecule has 0 saturated carbocycles. The van der Waals surface area contributed by atoms with Gasteiger partial charge >= 0.3 is 0 Å². The van der Waals surface area contributed by atoms with Crippen LogP contribution in [0.2, 0.25) is 0 Å². The molecule has 0 spiro atoms. The van der Waals surface area contributed by atoms with Gasteiger partial charge in [0.2, 0.25) is 0 Å². The first kappa shape index (κ1) is 11.1. The Morgan fingerprint density at radius 2 is 2.21 bits per heavy atom. The van der Waals surface area contributed by atoms with Crippen LogP contribution in [0.15, 0.2) is 0 Å². The summed E-state index contributed by atoms with van der Waals surface area (Å²) in [6.45, 7) is 5.27. The van der Waals surface area contributed by atoms with Crippen molar-refractivity contribution in [2.45, 2.75) is 26.5 Å². The number of nitrogens with two attached hydrogens (primary N) is 1. The summed E-state index contributed by atoms with van der Waals surface area (Å²) in [5.74, 6) is 1.08. The van der Waals surface area contributed by atoms with Gasteiger partial charge in [-0.25, -0.2) is 4.68 Å². The minimum Gasteiger partial charge on any atom is -0.373 e. The van der Waals surface area contributed by atoms with Gasteiger partial charge < -0.3 is 10.5 Å². The van der Waals surface area contributed by atoms with Crippen LogP contribution in [0.5, 0.6) is 0 Å². The standard InChI is InChI=1S/C8H17N5O/c1-6(2)7(14-3)8-10-11-12-13(8)5-4-9/h6-7H,4-5,9H2,1-3H3. The summed E-state index contributed by atoms with van der Waals surface area (Å²) < 4.78 is 7.03. The maximum atomic E-state index is 5.45. The van der Waals surface area contributed by atoms with Crippen LogP contribution in [0.1, 0.15) is 25.8 Å². The van der Waals surface area contributed by atoms with Gasteiger partial charge in [-0.05, 0) is 16.3 Å². The molecule has 0 fully saturated rings. The lowest BCUT2D eigenvalue weighted by atomic mass is 10.1. The molecular formula is C8H17N5O. The van der Waals surface area contributed by atoms with Crippen LogP contribution in [0, 0.1) is 5.92 Å². The van der Waals surface area contributed by atoms with Gasteiger partial charge in [-0.1, -0.05) is 13.8 Å². The average molecular weight is 199 g/mol. The highest BCUT2D eigenvalue weighted by molar-refractivity contribution is 4.89.